The van der Waals surface area contributed by atoms with E-state index in [4.69, 9.17) is 9.47 Å². The van der Waals surface area contributed by atoms with Crippen LogP contribution in [0.15, 0.2) is 56.7 Å². The van der Waals surface area contributed by atoms with Gasteiger partial charge < -0.3 is 9.47 Å². The highest BCUT2D eigenvalue weighted by Crippen LogP contribution is 2.34. The normalized spacial score (nSPS) is 10.2. The first-order valence-electron chi connectivity index (χ1n) is 5.38. The topological polar surface area (TPSA) is 18.5 Å². The van der Waals surface area contributed by atoms with Crippen LogP contribution in [0.2, 0.25) is 0 Å². The van der Waals surface area contributed by atoms with Gasteiger partial charge in [0.25, 0.3) is 0 Å². The number of halogens is 1. The van der Waals surface area contributed by atoms with Crippen LogP contribution in [0.1, 0.15) is 0 Å². The van der Waals surface area contributed by atoms with Crippen molar-refractivity contribution in [2.45, 2.75) is 9.79 Å². The van der Waals surface area contributed by atoms with E-state index in [0.717, 1.165) is 20.9 Å². The van der Waals surface area contributed by atoms with Gasteiger partial charge in [-0.15, -0.1) is 0 Å². The summed E-state index contributed by atoms with van der Waals surface area (Å²) in [5.74, 6) is 1.71. The van der Waals surface area contributed by atoms with Crippen molar-refractivity contribution in [3.63, 3.8) is 0 Å². The van der Waals surface area contributed by atoms with E-state index < -0.39 is 0 Å². The smallest absolute Gasteiger partial charge is 0.133 e. The highest BCUT2D eigenvalue weighted by molar-refractivity contribution is 9.10. The second-order valence-electron chi connectivity index (χ2n) is 3.57. The zero-order valence-electron chi connectivity index (χ0n) is 10.1. The lowest BCUT2D eigenvalue weighted by Crippen LogP contribution is -1.84. The Morgan fingerprint density at radius 1 is 0.889 bits per heavy atom. The number of hydrogen-bond donors (Lipinski definition) is 0. The molecule has 0 aromatic heterocycles. The highest BCUT2D eigenvalue weighted by Gasteiger charge is 2.03. The van der Waals surface area contributed by atoms with E-state index >= 15 is 0 Å². The molecular weight excluding hydrogens is 312 g/mol. The van der Waals surface area contributed by atoms with Crippen LogP contribution in [0.4, 0.5) is 0 Å². The fraction of sp³-hybridized carbons (Fsp3) is 0.143. The van der Waals surface area contributed by atoms with Gasteiger partial charge in [-0.3, -0.25) is 0 Å². The van der Waals surface area contributed by atoms with Crippen molar-refractivity contribution in [1.82, 2.24) is 0 Å². The molecule has 2 aromatic carbocycles. The Balaban J connectivity index is 2.15. The summed E-state index contributed by atoms with van der Waals surface area (Å²) >= 11 is 5.18. The monoisotopic (exact) mass is 324 g/mol. The molecule has 0 aliphatic rings. The number of hydrogen-bond acceptors (Lipinski definition) is 3. The zero-order valence-corrected chi connectivity index (χ0v) is 12.5. The van der Waals surface area contributed by atoms with Crippen LogP contribution in [0, 0.1) is 0 Å². The molecule has 0 aliphatic heterocycles. The van der Waals surface area contributed by atoms with Crippen molar-refractivity contribution in [3.8, 4) is 11.5 Å². The average Bonchev–Trinajstić information content (AvgIpc) is 2.40. The van der Waals surface area contributed by atoms with Crippen LogP contribution in [0.25, 0.3) is 0 Å². The SMILES string of the molecule is COc1ccc(Sc2ccc(OC)c(Br)c2)cc1. The van der Waals surface area contributed by atoms with E-state index in [1.54, 1.807) is 26.0 Å². The van der Waals surface area contributed by atoms with Crippen LogP contribution in [0.3, 0.4) is 0 Å². The number of benzene rings is 2. The summed E-state index contributed by atoms with van der Waals surface area (Å²) in [6.45, 7) is 0. The van der Waals surface area contributed by atoms with Crippen molar-refractivity contribution in [2.75, 3.05) is 14.2 Å². The quantitative estimate of drug-likeness (QED) is 0.817. The maximum atomic E-state index is 5.21. The Hall–Kier alpha value is -1.13. The number of ether oxygens (including phenoxy) is 2. The van der Waals surface area contributed by atoms with E-state index in [9.17, 15) is 0 Å². The fourth-order valence-electron chi connectivity index (χ4n) is 1.49. The Labute approximate surface area is 119 Å². The van der Waals surface area contributed by atoms with Crippen LogP contribution >= 0.6 is 27.7 Å². The predicted octanol–water partition coefficient (Wildman–Crippen LogP) is 4.62. The first kappa shape index (κ1) is 13.3. The summed E-state index contributed by atoms with van der Waals surface area (Å²) in [5, 5.41) is 0. The van der Waals surface area contributed by atoms with Gasteiger partial charge in [0, 0.05) is 9.79 Å². The van der Waals surface area contributed by atoms with Gasteiger partial charge in [0.15, 0.2) is 0 Å². The van der Waals surface area contributed by atoms with Crippen molar-refractivity contribution >= 4 is 27.7 Å². The first-order valence-corrected chi connectivity index (χ1v) is 6.99. The molecule has 0 saturated heterocycles. The van der Waals surface area contributed by atoms with Crippen molar-refractivity contribution in [2.24, 2.45) is 0 Å². The Morgan fingerprint density at radius 3 is 2.11 bits per heavy atom. The minimum absolute atomic E-state index is 0.842. The lowest BCUT2D eigenvalue weighted by molar-refractivity contribution is 0.412. The molecule has 2 rings (SSSR count). The lowest BCUT2D eigenvalue weighted by atomic mass is 10.3. The van der Waals surface area contributed by atoms with Crippen molar-refractivity contribution in [1.29, 1.82) is 0 Å². The standard InChI is InChI=1S/C14H13BrO2S/c1-16-10-3-5-11(6-4-10)18-12-7-8-14(17-2)13(15)9-12/h3-9H,1-2H3. The number of methoxy groups -OCH3 is 2. The molecule has 0 amide bonds. The summed E-state index contributed by atoms with van der Waals surface area (Å²) in [7, 11) is 3.33. The maximum absolute atomic E-state index is 5.21. The van der Waals surface area contributed by atoms with Gasteiger partial charge in [0.1, 0.15) is 11.5 Å². The Kier molecular flexibility index (Phi) is 4.55. The average molecular weight is 325 g/mol. The summed E-state index contributed by atoms with van der Waals surface area (Å²) in [4.78, 5) is 2.33. The van der Waals surface area contributed by atoms with E-state index in [2.05, 4.69) is 15.9 Å². The third-order valence-electron chi connectivity index (χ3n) is 2.42. The molecular formula is C14H13BrO2S. The molecule has 0 spiro atoms. The third kappa shape index (κ3) is 3.21. The molecule has 0 radical (unpaired) electrons. The third-order valence-corrected chi connectivity index (χ3v) is 4.04. The largest absolute Gasteiger partial charge is 0.497 e. The van der Waals surface area contributed by atoms with Gasteiger partial charge in [0.05, 0.1) is 18.7 Å². The summed E-state index contributed by atoms with van der Waals surface area (Å²) < 4.78 is 11.3. The molecule has 0 atom stereocenters. The van der Waals surface area contributed by atoms with Gasteiger partial charge in [-0.1, -0.05) is 11.8 Å². The van der Waals surface area contributed by atoms with Crippen molar-refractivity contribution in [3.05, 3.63) is 46.9 Å². The molecule has 2 aromatic rings. The highest BCUT2D eigenvalue weighted by atomic mass is 79.9. The van der Waals surface area contributed by atoms with E-state index in [0.29, 0.717) is 0 Å². The second kappa shape index (κ2) is 6.16. The van der Waals surface area contributed by atoms with Gasteiger partial charge in [-0.2, -0.15) is 0 Å². The molecule has 0 saturated carbocycles. The molecule has 94 valence electrons. The summed E-state index contributed by atoms with van der Waals surface area (Å²) in [6.07, 6.45) is 0. The molecule has 0 fully saturated rings. The van der Waals surface area contributed by atoms with Crippen LogP contribution in [-0.2, 0) is 0 Å². The van der Waals surface area contributed by atoms with Gasteiger partial charge in [-0.25, -0.2) is 0 Å². The molecule has 0 N–H and O–H groups in total. The molecule has 4 heteroatoms. The van der Waals surface area contributed by atoms with Crippen LogP contribution in [-0.4, -0.2) is 14.2 Å². The summed E-state index contributed by atoms with van der Waals surface area (Å²) in [6, 6.07) is 14.0. The summed E-state index contributed by atoms with van der Waals surface area (Å²) in [5.41, 5.74) is 0. The molecule has 2 nitrogen and oxygen atoms in total. The van der Waals surface area contributed by atoms with Gasteiger partial charge in [0.2, 0.25) is 0 Å². The van der Waals surface area contributed by atoms with Gasteiger partial charge in [-0.05, 0) is 58.4 Å². The van der Waals surface area contributed by atoms with E-state index in [1.807, 2.05) is 42.5 Å². The first-order chi connectivity index (χ1) is 8.72. The fourth-order valence-corrected chi connectivity index (χ4v) is 3.04. The number of rotatable bonds is 4. The van der Waals surface area contributed by atoms with Crippen molar-refractivity contribution < 1.29 is 9.47 Å². The Bertz CT molecular complexity index is 526. The van der Waals surface area contributed by atoms with E-state index in [-0.39, 0.29) is 0 Å². The zero-order chi connectivity index (χ0) is 13.0. The van der Waals surface area contributed by atoms with Crippen LogP contribution in [0.5, 0.6) is 11.5 Å². The molecule has 0 bridgehead atoms. The Morgan fingerprint density at radius 2 is 1.56 bits per heavy atom. The lowest BCUT2D eigenvalue weighted by Gasteiger charge is -2.06. The minimum atomic E-state index is 0.842. The van der Waals surface area contributed by atoms with Crippen LogP contribution < -0.4 is 9.47 Å². The second-order valence-corrected chi connectivity index (χ2v) is 5.58. The van der Waals surface area contributed by atoms with Gasteiger partial charge >= 0.3 is 0 Å². The predicted molar refractivity (Wildman–Crippen MR) is 77.8 cm³/mol. The molecule has 0 unspecified atom stereocenters. The minimum Gasteiger partial charge on any atom is -0.497 e. The molecule has 18 heavy (non-hydrogen) atoms. The molecule has 0 aliphatic carbocycles. The maximum Gasteiger partial charge on any atom is 0.133 e. The molecule has 0 heterocycles. The van der Waals surface area contributed by atoms with E-state index in [1.165, 1.54) is 4.90 Å².